The molecule has 2 heteroatoms. The minimum absolute atomic E-state index is 0.304. The van der Waals surface area contributed by atoms with Crippen molar-refractivity contribution in [1.29, 1.82) is 0 Å². The van der Waals surface area contributed by atoms with Gasteiger partial charge in [-0.15, -0.1) is 0 Å². The number of benzene rings is 1. The Kier molecular flexibility index (Phi) is 4.32. The third kappa shape index (κ3) is 2.70. The van der Waals surface area contributed by atoms with E-state index in [2.05, 4.69) is 46.0 Å². The highest BCUT2D eigenvalue weighted by Crippen LogP contribution is 2.35. The zero-order chi connectivity index (χ0) is 14.2. The molecule has 3 unspecified atom stereocenters. The summed E-state index contributed by atoms with van der Waals surface area (Å²) in [5.41, 5.74) is 7.02. The lowest BCUT2D eigenvalue weighted by Gasteiger charge is -2.28. The topological polar surface area (TPSA) is 21.3 Å². The zero-order valence-corrected chi connectivity index (χ0v) is 13.1. The first kappa shape index (κ1) is 14.5. The molecule has 1 heterocycles. The Hall–Kier alpha value is -0.860. The van der Waals surface area contributed by atoms with Crippen LogP contribution >= 0.6 is 0 Å². The third-order valence-corrected chi connectivity index (χ3v) is 4.68. The molecule has 1 N–H and O–H groups in total. The van der Waals surface area contributed by atoms with Crippen molar-refractivity contribution in [2.45, 2.75) is 65.7 Å². The van der Waals surface area contributed by atoms with Gasteiger partial charge in [0, 0.05) is 0 Å². The molecule has 0 aliphatic carbocycles. The van der Waals surface area contributed by atoms with Gasteiger partial charge in [0.2, 0.25) is 0 Å². The SMILES string of the molecule is CNC(c1c(C)c(C)cc(C)c1C)C1CCC(C)O1. The highest BCUT2D eigenvalue weighted by atomic mass is 16.5. The number of ether oxygens (including phenoxy) is 1. The van der Waals surface area contributed by atoms with Crippen LogP contribution in [0.1, 0.15) is 53.6 Å². The molecule has 1 saturated heterocycles. The van der Waals surface area contributed by atoms with Crippen LogP contribution in [-0.2, 0) is 4.74 Å². The largest absolute Gasteiger partial charge is 0.373 e. The van der Waals surface area contributed by atoms with E-state index in [1.807, 2.05) is 7.05 Å². The number of nitrogens with one attached hydrogen (secondary N) is 1. The number of aryl methyl sites for hydroxylation is 2. The molecule has 0 amide bonds. The predicted octanol–water partition coefficient (Wildman–Crippen LogP) is 3.75. The summed E-state index contributed by atoms with van der Waals surface area (Å²) in [7, 11) is 2.05. The van der Waals surface area contributed by atoms with Gasteiger partial charge in [-0.05, 0) is 82.3 Å². The molecular formula is C17H27NO. The number of hydrogen-bond acceptors (Lipinski definition) is 2. The van der Waals surface area contributed by atoms with E-state index in [9.17, 15) is 0 Å². The first-order valence-corrected chi connectivity index (χ1v) is 7.35. The second kappa shape index (κ2) is 5.64. The van der Waals surface area contributed by atoms with E-state index in [0.29, 0.717) is 18.2 Å². The van der Waals surface area contributed by atoms with Crippen LogP contribution in [0.2, 0.25) is 0 Å². The number of hydrogen-bond donors (Lipinski definition) is 1. The van der Waals surface area contributed by atoms with Crippen LogP contribution in [0.4, 0.5) is 0 Å². The van der Waals surface area contributed by atoms with Crippen molar-refractivity contribution in [2.75, 3.05) is 7.05 Å². The zero-order valence-electron chi connectivity index (χ0n) is 13.1. The normalized spacial score (nSPS) is 24.7. The van der Waals surface area contributed by atoms with Crippen LogP contribution in [-0.4, -0.2) is 19.3 Å². The minimum atomic E-state index is 0.304. The van der Waals surface area contributed by atoms with Gasteiger partial charge in [-0.25, -0.2) is 0 Å². The molecule has 1 aliphatic rings. The van der Waals surface area contributed by atoms with Gasteiger partial charge in [0.05, 0.1) is 18.2 Å². The predicted molar refractivity (Wildman–Crippen MR) is 80.8 cm³/mol. The van der Waals surface area contributed by atoms with Crippen molar-refractivity contribution in [2.24, 2.45) is 0 Å². The van der Waals surface area contributed by atoms with Crippen LogP contribution in [0, 0.1) is 27.7 Å². The Morgan fingerprint density at radius 2 is 1.68 bits per heavy atom. The smallest absolute Gasteiger partial charge is 0.0774 e. The Labute approximate surface area is 117 Å². The summed E-state index contributed by atoms with van der Waals surface area (Å²) in [5.74, 6) is 0. The number of likely N-dealkylation sites (N-methyl/N-ethyl adjacent to an activating group) is 1. The van der Waals surface area contributed by atoms with E-state index in [1.54, 1.807) is 0 Å². The van der Waals surface area contributed by atoms with Crippen molar-refractivity contribution in [3.05, 3.63) is 33.9 Å². The van der Waals surface area contributed by atoms with Crippen molar-refractivity contribution in [1.82, 2.24) is 5.32 Å². The average Bonchev–Trinajstić information content (AvgIpc) is 2.78. The quantitative estimate of drug-likeness (QED) is 0.894. The van der Waals surface area contributed by atoms with Gasteiger partial charge < -0.3 is 10.1 Å². The summed E-state index contributed by atoms with van der Waals surface area (Å²) in [6.07, 6.45) is 3.02. The second-order valence-electron chi connectivity index (χ2n) is 6.00. The molecular weight excluding hydrogens is 234 g/mol. The van der Waals surface area contributed by atoms with Gasteiger partial charge in [-0.1, -0.05) is 6.07 Å². The molecule has 2 nitrogen and oxygen atoms in total. The van der Waals surface area contributed by atoms with Crippen LogP contribution in [0.15, 0.2) is 6.07 Å². The summed E-state index contributed by atoms with van der Waals surface area (Å²) < 4.78 is 6.10. The van der Waals surface area contributed by atoms with Crippen LogP contribution < -0.4 is 5.32 Å². The van der Waals surface area contributed by atoms with E-state index in [-0.39, 0.29) is 0 Å². The van der Waals surface area contributed by atoms with Crippen LogP contribution in [0.5, 0.6) is 0 Å². The molecule has 19 heavy (non-hydrogen) atoms. The first-order valence-electron chi connectivity index (χ1n) is 7.35. The molecule has 0 radical (unpaired) electrons. The maximum atomic E-state index is 6.10. The maximum Gasteiger partial charge on any atom is 0.0774 e. The fraction of sp³-hybridized carbons (Fsp3) is 0.647. The molecule has 2 rings (SSSR count). The summed E-state index contributed by atoms with van der Waals surface area (Å²) in [4.78, 5) is 0. The molecule has 0 saturated carbocycles. The van der Waals surface area contributed by atoms with Gasteiger partial charge in [0.15, 0.2) is 0 Å². The minimum Gasteiger partial charge on any atom is -0.373 e. The Balaban J connectivity index is 2.43. The molecule has 0 aromatic heterocycles. The molecule has 0 spiro atoms. The standard InChI is InChI=1S/C17H27NO/c1-10-9-11(2)14(5)16(13(10)4)17(18-6)15-8-7-12(3)19-15/h9,12,15,17-18H,7-8H2,1-6H3. The second-order valence-corrected chi connectivity index (χ2v) is 6.00. The maximum absolute atomic E-state index is 6.10. The molecule has 106 valence electrons. The van der Waals surface area contributed by atoms with Gasteiger partial charge >= 0.3 is 0 Å². The monoisotopic (exact) mass is 261 g/mol. The molecule has 3 atom stereocenters. The fourth-order valence-corrected chi connectivity index (χ4v) is 3.31. The lowest BCUT2D eigenvalue weighted by atomic mass is 9.87. The fourth-order valence-electron chi connectivity index (χ4n) is 3.31. The van der Waals surface area contributed by atoms with E-state index in [1.165, 1.54) is 34.2 Å². The molecule has 0 bridgehead atoms. The molecule has 1 aromatic rings. The van der Waals surface area contributed by atoms with Crippen molar-refractivity contribution < 1.29 is 4.74 Å². The van der Waals surface area contributed by atoms with Crippen LogP contribution in [0.3, 0.4) is 0 Å². The van der Waals surface area contributed by atoms with Crippen LogP contribution in [0.25, 0.3) is 0 Å². The molecule has 1 aliphatic heterocycles. The van der Waals surface area contributed by atoms with Gasteiger partial charge in [-0.3, -0.25) is 0 Å². The van der Waals surface area contributed by atoms with E-state index in [4.69, 9.17) is 4.74 Å². The first-order chi connectivity index (χ1) is 8.95. The van der Waals surface area contributed by atoms with E-state index < -0.39 is 0 Å². The lowest BCUT2D eigenvalue weighted by molar-refractivity contribution is 0.0330. The third-order valence-electron chi connectivity index (χ3n) is 4.68. The number of rotatable bonds is 3. The van der Waals surface area contributed by atoms with E-state index in [0.717, 1.165) is 6.42 Å². The summed E-state index contributed by atoms with van der Waals surface area (Å²) in [5, 5.41) is 3.49. The van der Waals surface area contributed by atoms with E-state index >= 15 is 0 Å². The molecule has 1 fully saturated rings. The summed E-state index contributed by atoms with van der Waals surface area (Å²) >= 11 is 0. The summed E-state index contributed by atoms with van der Waals surface area (Å²) in [6, 6.07) is 2.60. The highest BCUT2D eigenvalue weighted by Gasteiger charge is 2.31. The Morgan fingerprint density at radius 3 is 2.11 bits per heavy atom. The van der Waals surface area contributed by atoms with Gasteiger partial charge in [0.1, 0.15) is 0 Å². The summed E-state index contributed by atoms with van der Waals surface area (Å²) in [6.45, 7) is 11.1. The van der Waals surface area contributed by atoms with Crippen molar-refractivity contribution >= 4 is 0 Å². The highest BCUT2D eigenvalue weighted by molar-refractivity contribution is 5.46. The average molecular weight is 261 g/mol. The molecule has 1 aromatic carbocycles. The van der Waals surface area contributed by atoms with Gasteiger partial charge in [-0.2, -0.15) is 0 Å². The Morgan fingerprint density at radius 1 is 1.11 bits per heavy atom. The van der Waals surface area contributed by atoms with Crippen molar-refractivity contribution in [3.8, 4) is 0 Å². The van der Waals surface area contributed by atoms with Crippen molar-refractivity contribution in [3.63, 3.8) is 0 Å². The Bertz CT molecular complexity index is 441. The lowest BCUT2D eigenvalue weighted by Crippen LogP contribution is -2.31. The van der Waals surface area contributed by atoms with Gasteiger partial charge in [0.25, 0.3) is 0 Å².